The Kier molecular flexibility index (Phi) is 4.09. The second kappa shape index (κ2) is 5.16. The molecule has 96 valence electrons. The van der Waals surface area contributed by atoms with Crippen LogP contribution in [0.2, 0.25) is 0 Å². The Morgan fingerprint density at radius 3 is 2.53 bits per heavy atom. The van der Waals surface area contributed by atoms with E-state index in [2.05, 4.69) is 5.16 Å². The average molecular weight is 243 g/mol. The van der Waals surface area contributed by atoms with E-state index in [4.69, 9.17) is 14.7 Å². The van der Waals surface area contributed by atoms with Gasteiger partial charge in [0.1, 0.15) is 0 Å². The third kappa shape index (κ3) is 3.44. The minimum Gasteiger partial charge on any atom is -0.478 e. The molecule has 1 saturated carbocycles. The first-order valence-electron chi connectivity index (χ1n) is 5.50. The number of carboxylic acids is 1. The molecule has 0 aromatic rings. The first-order chi connectivity index (χ1) is 7.86. The van der Waals surface area contributed by atoms with Crippen molar-refractivity contribution in [3.05, 3.63) is 0 Å². The van der Waals surface area contributed by atoms with Crippen molar-refractivity contribution >= 4 is 17.7 Å². The molecule has 1 fully saturated rings. The number of carbonyl (C=O) groups is 2. The quantitative estimate of drug-likeness (QED) is 0.579. The molecule has 0 aromatic heterocycles. The summed E-state index contributed by atoms with van der Waals surface area (Å²) >= 11 is 0. The second-order valence-corrected chi connectivity index (χ2v) is 4.42. The highest BCUT2D eigenvalue weighted by atomic mass is 16.7. The number of hydrogen-bond acceptors (Lipinski definition) is 5. The average Bonchev–Trinajstić information content (AvgIpc) is 2.15. The van der Waals surface area contributed by atoms with Gasteiger partial charge in [0.15, 0.2) is 0 Å². The van der Waals surface area contributed by atoms with Crippen LogP contribution in [-0.2, 0) is 19.2 Å². The number of carboxylic acid groups (broad SMARTS) is 1. The fourth-order valence-electron chi connectivity index (χ4n) is 1.23. The summed E-state index contributed by atoms with van der Waals surface area (Å²) in [7, 11) is 0. The van der Waals surface area contributed by atoms with Crippen molar-refractivity contribution in [3.8, 4) is 0 Å². The highest BCUT2D eigenvalue weighted by Gasteiger charge is 2.35. The molecular formula is C11H17NO5. The zero-order chi connectivity index (χ0) is 13.1. The zero-order valence-corrected chi connectivity index (χ0v) is 10.2. The number of carbonyl (C=O) groups excluding carboxylic acids is 1. The molecule has 1 rings (SSSR count). The molecule has 0 bridgehead atoms. The van der Waals surface area contributed by atoms with E-state index >= 15 is 0 Å². The fourth-order valence-corrected chi connectivity index (χ4v) is 1.23. The van der Waals surface area contributed by atoms with Crippen LogP contribution in [0.5, 0.6) is 0 Å². The molecule has 6 nitrogen and oxygen atoms in total. The molecule has 1 aliphatic rings. The summed E-state index contributed by atoms with van der Waals surface area (Å²) in [5.74, 6) is -1.47. The predicted molar refractivity (Wildman–Crippen MR) is 59.6 cm³/mol. The van der Waals surface area contributed by atoms with Crippen molar-refractivity contribution in [1.82, 2.24) is 0 Å². The monoisotopic (exact) mass is 243 g/mol. The Hall–Kier alpha value is -1.59. The molecule has 1 aliphatic carbocycles. The van der Waals surface area contributed by atoms with Gasteiger partial charge in [-0.25, -0.2) is 4.79 Å². The van der Waals surface area contributed by atoms with Crippen LogP contribution >= 0.6 is 0 Å². The van der Waals surface area contributed by atoms with Gasteiger partial charge in [-0.1, -0.05) is 5.16 Å². The maximum absolute atomic E-state index is 11.3. The summed E-state index contributed by atoms with van der Waals surface area (Å²) in [6.45, 7) is 4.95. The first kappa shape index (κ1) is 13.5. The van der Waals surface area contributed by atoms with Crippen molar-refractivity contribution in [2.75, 3.05) is 6.61 Å². The van der Waals surface area contributed by atoms with Crippen LogP contribution in [0.3, 0.4) is 0 Å². The van der Waals surface area contributed by atoms with Crippen molar-refractivity contribution in [2.45, 2.75) is 39.2 Å². The summed E-state index contributed by atoms with van der Waals surface area (Å²) < 4.78 is 4.85. The normalized spacial score (nSPS) is 19.2. The Morgan fingerprint density at radius 2 is 2.06 bits per heavy atom. The van der Waals surface area contributed by atoms with Gasteiger partial charge in [0, 0.05) is 12.8 Å². The number of oxime groups is 1. The Morgan fingerprint density at radius 1 is 1.47 bits per heavy atom. The van der Waals surface area contributed by atoms with Gasteiger partial charge in [-0.2, -0.15) is 0 Å². The van der Waals surface area contributed by atoms with Gasteiger partial charge in [-0.15, -0.1) is 0 Å². The van der Waals surface area contributed by atoms with Crippen LogP contribution in [0.25, 0.3) is 0 Å². The van der Waals surface area contributed by atoms with Crippen LogP contribution in [0, 0.1) is 5.92 Å². The Balaban J connectivity index is 2.38. The van der Waals surface area contributed by atoms with E-state index in [-0.39, 0.29) is 11.9 Å². The summed E-state index contributed by atoms with van der Waals surface area (Å²) in [5.41, 5.74) is -0.653. The number of ether oxygens (including phenoxy) is 1. The maximum atomic E-state index is 11.3. The number of aliphatic carboxylic acids is 1. The number of hydrogen-bond donors (Lipinski definition) is 1. The van der Waals surface area contributed by atoms with E-state index < -0.39 is 11.6 Å². The van der Waals surface area contributed by atoms with Crippen LogP contribution in [0.15, 0.2) is 5.16 Å². The van der Waals surface area contributed by atoms with Crippen molar-refractivity contribution in [3.63, 3.8) is 0 Å². The number of esters is 1. The Bertz CT molecular complexity index is 340. The van der Waals surface area contributed by atoms with E-state index in [1.165, 1.54) is 13.8 Å². The van der Waals surface area contributed by atoms with Crippen LogP contribution < -0.4 is 0 Å². The maximum Gasteiger partial charge on any atom is 0.350 e. The van der Waals surface area contributed by atoms with Gasteiger partial charge >= 0.3 is 11.9 Å². The standard InChI is InChI=1S/C11H17NO5/c1-4-16-9(13)7-5-8(6-7)12-17-11(2,3)10(14)15/h7H,4-6H2,1-3H3,(H,14,15). The minimum atomic E-state index is -1.35. The lowest BCUT2D eigenvalue weighted by atomic mass is 9.83. The third-order valence-corrected chi connectivity index (χ3v) is 2.50. The smallest absolute Gasteiger partial charge is 0.350 e. The van der Waals surface area contributed by atoms with E-state index in [1.807, 2.05) is 0 Å². The molecular weight excluding hydrogens is 226 g/mol. The van der Waals surface area contributed by atoms with Gasteiger partial charge in [0.2, 0.25) is 5.60 Å². The molecule has 0 unspecified atom stereocenters. The molecule has 0 aromatic carbocycles. The fraction of sp³-hybridized carbons (Fsp3) is 0.727. The first-order valence-corrected chi connectivity index (χ1v) is 5.50. The lowest BCUT2D eigenvalue weighted by Gasteiger charge is -2.26. The summed E-state index contributed by atoms with van der Waals surface area (Å²) in [5, 5.41) is 12.5. The van der Waals surface area contributed by atoms with Gasteiger partial charge in [0.05, 0.1) is 18.2 Å². The second-order valence-electron chi connectivity index (χ2n) is 4.42. The van der Waals surface area contributed by atoms with Crippen LogP contribution in [0.4, 0.5) is 0 Å². The molecule has 0 radical (unpaired) electrons. The number of rotatable bonds is 5. The molecule has 0 heterocycles. The van der Waals surface area contributed by atoms with Crippen molar-refractivity contribution in [2.24, 2.45) is 11.1 Å². The largest absolute Gasteiger partial charge is 0.478 e. The summed E-state index contributed by atoms with van der Waals surface area (Å²) in [4.78, 5) is 26.9. The molecule has 0 saturated heterocycles. The zero-order valence-electron chi connectivity index (χ0n) is 10.2. The molecule has 0 amide bonds. The predicted octanol–water partition coefficient (Wildman–Crippen LogP) is 1.20. The van der Waals surface area contributed by atoms with Crippen LogP contribution in [0.1, 0.15) is 33.6 Å². The Labute approximate surface area is 99.6 Å². The van der Waals surface area contributed by atoms with E-state index in [9.17, 15) is 9.59 Å². The summed E-state index contributed by atoms with van der Waals surface area (Å²) in [6, 6.07) is 0. The highest BCUT2D eigenvalue weighted by Crippen LogP contribution is 2.26. The molecule has 17 heavy (non-hydrogen) atoms. The van der Waals surface area contributed by atoms with Gasteiger partial charge in [-0.3, -0.25) is 4.79 Å². The van der Waals surface area contributed by atoms with E-state index in [1.54, 1.807) is 6.92 Å². The number of nitrogens with zero attached hydrogens (tertiary/aromatic N) is 1. The van der Waals surface area contributed by atoms with Gasteiger partial charge in [-0.05, 0) is 20.8 Å². The molecule has 6 heteroatoms. The third-order valence-electron chi connectivity index (χ3n) is 2.50. The molecule has 0 aliphatic heterocycles. The molecule has 1 N–H and O–H groups in total. The van der Waals surface area contributed by atoms with Gasteiger partial charge in [0.25, 0.3) is 0 Å². The van der Waals surface area contributed by atoms with Crippen LogP contribution in [-0.4, -0.2) is 35.0 Å². The van der Waals surface area contributed by atoms with Crippen molar-refractivity contribution < 1.29 is 24.3 Å². The van der Waals surface area contributed by atoms with Crippen molar-refractivity contribution in [1.29, 1.82) is 0 Å². The SMILES string of the molecule is CCOC(=O)C1CC(=NOC(C)(C)C(=O)O)C1. The topological polar surface area (TPSA) is 85.2 Å². The molecule has 0 spiro atoms. The molecule has 0 atom stereocenters. The highest BCUT2D eigenvalue weighted by molar-refractivity contribution is 5.97. The van der Waals surface area contributed by atoms with Gasteiger partial charge < -0.3 is 14.7 Å². The van der Waals surface area contributed by atoms with E-state index in [0.717, 1.165) is 0 Å². The minimum absolute atomic E-state index is 0.162. The summed E-state index contributed by atoms with van der Waals surface area (Å²) in [6.07, 6.45) is 0.961. The lowest BCUT2D eigenvalue weighted by molar-refractivity contribution is -0.161. The lowest BCUT2D eigenvalue weighted by Crippen LogP contribution is -2.36. The van der Waals surface area contributed by atoms with E-state index in [0.29, 0.717) is 25.2 Å².